The summed E-state index contributed by atoms with van der Waals surface area (Å²) in [5, 5.41) is 7.43. The minimum atomic E-state index is 0.538. The molecule has 13 heavy (non-hydrogen) atoms. The Bertz CT molecular complexity index is 412. The molecular weight excluding hydrogens is 184 g/mol. The van der Waals surface area contributed by atoms with Crippen LogP contribution in [0.25, 0.3) is 11.5 Å². The molecule has 66 valence electrons. The summed E-state index contributed by atoms with van der Waals surface area (Å²) >= 11 is 4.28. The number of hydrogen-bond donors (Lipinski definition) is 1. The molecule has 2 aromatic rings. The summed E-state index contributed by atoms with van der Waals surface area (Å²) in [7, 11) is 0. The summed E-state index contributed by atoms with van der Waals surface area (Å²) in [5.74, 6) is 0.538. The second-order valence-electron chi connectivity index (χ2n) is 2.75. The molecule has 1 aromatic heterocycles. The summed E-state index contributed by atoms with van der Waals surface area (Å²) < 4.78 is 5.07. The van der Waals surface area contributed by atoms with Crippen molar-refractivity contribution in [2.45, 2.75) is 11.8 Å². The highest BCUT2D eigenvalue weighted by molar-refractivity contribution is 7.80. The molecule has 0 radical (unpaired) electrons. The van der Waals surface area contributed by atoms with E-state index in [1.807, 2.05) is 25.1 Å². The highest BCUT2D eigenvalue weighted by Gasteiger charge is 2.03. The summed E-state index contributed by atoms with van der Waals surface area (Å²) in [5.41, 5.74) is 2.02. The smallest absolute Gasteiger partial charge is 0.247 e. The van der Waals surface area contributed by atoms with Gasteiger partial charge in [-0.15, -0.1) is 22.8 Å². The molecule has 0 atom stereocenters. The predicted molar refractivity (Wildman–Crippen MR) is 51.7 cm³/mol. The van der Waals surface area contributed by atoms with Crippen LogP contribution in [0.1, 0.15) is 5.56 Å². The molecule has 0 bridgehead atoms. The van der Waals surface area contributed by atoms with Crippen LogP contribution >= 0.6 is 12.6 Å². The molecule has 1 heterocycles. The minimum Gasteiger partial charge on any atom is -0.423 e. The fourth-order valence-electron chi connectivity index (χ4n) is 1.09. The van der Waals surface area contributed by atoms with Crippen molar-refractivity contribution in [2.75, 3.05) is 0 Å². The fraction of sp³-hybridized carbons (Fsp3) is 0.111. The van der Waals surface area contributed by atoms with Gasteiger partial charge in [0.25, 0.3) is 0 Å². The van der Waals surface area contributed by atoms with Gasteiger partial charge < -0.3 is 4.42 Å². The Morgan fingerprint density at radius 2 is 2.23 bits per heavy atom. The highest BCUT2D eigenvalue weighted by Crippen LogP contribution is 2.21. The van der Waals surface area contributed by atoms with Crippen LogP contribution in [0.3, 0.4) is 0 Å². The standard InChI is InChI=1S/C9H8N2OS/c1-6-4-7(2-3-8(6)13)9-11-10-5-12-9/h2-5,13H,1H3. The van der Waals surface area contributed by atoms with E-state index < -0.39 is 0 Å². The molecule has 0 saturated heterocycles. The van der Waals surface area contributed by atoms with E-state index in [-0.39, 0.29) is 0 Å². The second kappa shape index (κ2) is 3.22. The minimum absolute atomic E-state index is 0.538. The first kappa shape index (κ1) is 8.31. The normalized spacial score (nSPS) is 10.3. The van der Waals surface area contributed by atoms with Crippen LogP contribution < -0.4 is 0 Å². The van der Waals surface area contributed by atoms with Gasteiger partial charge in [-0.1, -0.05) is 0 Å². The van der Waals surface area contributed by atoms with E-state index in [2.05, 4.69) is 22.8 Å². The summed E-state index contributed by atoms with van der Waals surface area (Å²) in [6.07, 6.45) is 1.32. The molecule has 0 saturated carbocycles. The largest absolute Gasteiger partial charge is 0.423 e. The number of nitrogens with zero attached hydrogens (tertiary/aromatic N) is 2. The van der Waals surface area contributed by atoms with Gasteiger partial charge in [0, 0.05) is 10.5 Å². The van der Waals surface area contributed by atoms with E-state index in [0.717, 1.165) is 16.0 Å². The first-order chi connectivity index (χ1) is 6.27. The van der Waals surface area contributed by atoms with E-state index >= 15 is 0 Å². The topological polar surface area (TPSA) is 38.9 Å². The highest BCUT2D eigenvalue weighted by atomic mass is 32.1. The number of hydrogen-bond acceptors (Lipinski definition) is 4. The number of thiol groups is 1. The molecule has 0 N–H and O–H groups in total. The summed E-state index contributed by atoms with van der Waals surface area (Å²) in [4.78, 5) is 0.961. The zero-order valence-corrected chi connectivity index (χ0v) is 7.95. The van der Waals surface area contributed by atoms with Crippen LogP contribution in [0.2, 0.25) is 0 Å². The first-order valence-corrected chi connectivity index (χ1v) is 4.28. The number of benzene rings is 1. The maximum atomic E-state index is 5.07. The van der Waals surface area contributed by atoms with Gasteiger partial charge in [-0.25, -0.2) is 0 Å². The number of rotatable bonds is 1. The van der Waals surface area contributed by atoms with Crippen LogP contribution in [0.15, 0.2) is 33.9 Å². The SMILES string of the molecule is Cc1cc(-c2nnco2)ccc1S. The molecule has 0 aliphatic carbocycles. The van der Waals surface area contributed by atoms with E-state index in [0.29, 0.717) is 5.89 Å². The van der Waals surface area contributed by atoms with E-state index in [9.17, 15) is 0 Å². The van der Waals surface area contributed by atoms with Crippen molar-refractivity contribution >= 4 is 12.6 Å². The summed E-state index contributed by atoms with van der Waals surface area (Å²) in [6, 6.07) is 5.79. The Labute approximate surface area is 81.2 Å². The van der Waals surface area contributed by atoms with Gasteiger partial charge >= 0.3 is 0 Å². The second-order valence-corrected chi connectivity index (χ2v) is 3.23. The van der Waals surface area contributed by atoms with Crippen molar-refractivity contribution in [1.29, 1.82) is 0 Å². The molecule has 0 amide bonds. The Morgan fingerprint density at radius 3 is 2.85 bits per heavy atom. The molecule has 0 unspecified atom stereocenters. The third kappa shape index (κ3) is 1.58. The van der Waals surface area contributed by atoms with Gasteiger partial charge in [0.2, 0.25) is 12.3 Å². The van der Waals surface area contributed by atoms with Crippen LogP contribution in [-0.2, 0) is 0 Å². The van der Waals surface area contributed by atoms with E-state index in [4.69, 9.17) is 4.42 Å². The zero-order chi connectivity index (χ0) is 9.26. The Balaban J connectivity index is 2.49. The lowest BCUT2D eigenvalue weighted by Gasteiger charge is -1.99. The van der Waals surface area contributed by atoms with Crippen molar-refractivity contribution < 1.29 is 4.42 Å². The van der Waals surface area contributed by atoms with Gasteiger partial charge in [0.05, 0.1) is 0 Å². The zero-order valence-electron chi connectivity index (χ0n) is 7.06. The maximum absolute atomic E-state index is 5.07. The van der Waals surface area contributed by atoms with Crippen LogP contribution in [0.5, 0.6) is 0 Å². The average molecular weight is 192 g/mol. The van der Waals surface area contributed by atoms with Crippen LogP contribution in [0.4, 0.5) is 0 Å². The lowest BCUT2D eigenvalue weighted by atomic mass is 10.1. The van der Waals surface area contributed by atoms with Gasteiger partial charge in [-0.2, -0.15) is 0 Å². The van der Waals surface area contributed by atoms with Crippen molar-refractivity contribution in [3.05, 3.63) is 30.2 Å². The van der Waals surface area contributed by atoms with Gasteiger partial charge in [0.15, 0.2) is 0 Å². The fourth-order valence-corrected chi connectivity index (χ4v) is 1.23. The average Bonchev–Trinajstić information content (AvgIpc) is 2.62. The molecule has 4 heteroatoms. The number of aromatic nitrogens is 2. The van der Waals surface area contributed by atoms with Gasteiger partial charge in [0.1, 0.15) is 0 Å². The molecule has 1 aromatic carbocycles. The van der Waals surface area contributed by atoms with Crippen LogP contribution in [0, 0.1) is 6.92 Å². The third-order valence-electron chi connectivity index (χ3n) is 1.80. The third-order valence-corrected chi connectivity index (χ3v) is 2.31. The Morgan fingerprint density at radius 1 is 1.38 bits per heavy atom. The van der Waals surface area contributed by atoms with Crippen molar-refractivity contribution in [3.8, 4) is 11.5 Å². The van der Waals surface area contributed by atoms with Crippen molar-refractivity contribution in [3.63, 3.8) is 0 Å². The van der Waals surface area contributed by atoms with E-state index in [1.54, 1.807) is 0 Å². The maximum Gasteiger partial charge on any atom is 0.247 e. The number of aryl methyl sites for hydroxylation is 1. The van der Waals surface area contributed by atoms with Gasteiger partial charge in [-0.05, 0) is 30.7 Å². The lowest BCUT2D eigenvalue weighted by Crippen LogP contribution is -1.81. The predicted octanol–water partition coefficient (Wildman–Crippen LogP) is 2.33. The van der Waals surface area contributed by atoms with Crippen molar-refractivity contribution in [2.24, 2.45) is 0 Å². The monoisotopic (exact) mass is 192 g/mol. The first-order valence-electron chi connectivity index (χ1n) is 3.83. The Kier molecular flexibility index (Phi) is 2.06. The lowest BCUT2D eigenvalue weighted by molar-refractivity contribution is 0.568. The Hall–Kier alpha value is -1.29. The molecule has 0 aliphatic rings. The molecule has 0 aliphatic heterocycles. The van der Waals surface area contributed by atoms with Crippen molar-refractivity contribution in [1.82, 2.24) is 10.2 Å². The van der Waals surface area contributed by atoms with E-state index in [1.165, 1.54) is 6.39 Å². The van der Waals surface area contributed by atoms with Crippen LogP contribution in [-0.4, -0.2) is 10.2 Å². The molecule has 0 spiro atoms. The quantitative estimate of drug-likeness (QED) is 0.705. The molecular formula is C9H8N2OS. The summed E-state index contributed by atoms with van der Waals surface area (Å²) in [6.45, 7) is 1.99. The molecule has 3 nitrogen and oxygen atoms in total. The molecule has 2 rings (SSSR count). The van der Waals surface area contributed by atoms with Gasteiger partial charge in [-0.3, -0.25) is 0 Å². The molecule has 0 fully saturated rings.